The quantitative estimate of drug-likeness (QED) is 0.137. The molecule has 0 fully saturated rings. The molecule has 11 nitrogen and oxygen atoms in total. The molecule has 0 spiro atoms. The third-order valence-electron chi connectivity index (χ3n) is 6.46. The van der Waals surface area contributed by atoms with Gasteiger partial charge in [0.25, 0.3) is 0 Å². The van der Waals surface area contributed by atoms with Crippen LogP contribution in [0, 0.1) is 0 Å². The van der Waals surface area contributed by atoms with E-state index in [1.165, 1.54) is 6.07 Å². The van der Waals surface area contributed by atoms with Gasteiger partial charge < -0.3 is 30.6 Å². The van der Waals surface area contributed by atoms with E-state index in [0.717, 1.165) is 54.7 Å². The number of rotatable bonds is 12. The number of aromatic nitrogens is 5. The number of nitrogens with zero attached hydrogens (tertiary/aromatic N) is 5. The number of hydrogen-bond donors (Lipinski definition) is 4. The Morgan fingerprint density at radius 3 is 2.59 bits per heavy atom. The Labute approximate surface area is 225 Å². The summed E-state index contributed by atoms with van der Waals surface area (Å²) in [7, 11) is 0. The number of phenols is 2. The zero-order valence-corrected chi connectivity index (χ0v) is 21.7. The number of nitrogen functional groups attached to an aromatic ring is 1. The zero-order valence-electron chi connectivity index (χ0n) is 21.7. The van der Waals surface area contributed by atoms with Crippen molar-refractivity contribution in [3.8, 4) is 40.0 Å². The minimum atomic E-state index is -0.105. The van der Waals surface area contributed by atoms with Crippen LogP contribution in [0.4, 0.5) is 5.82 Å². The Morgan fingerprint density at radius 2 is 1.85 bits per heavy atom. The number of imidazole rings is 1. The summed E-state index contributed by atoms with van der Waals surface area (Å²) in [5.74, 6) is 1.16. The number of phenolic OH excluding ortho intramolecular Hbond substituents is 2. The molecule has 0 aliphatic rings. The second-order valence-electron chi connectivity index (χ2n) is 9.09. The first-order valence-corrected chi connectivity index (χ1v) is 12.9. The first kappa shape index (κ1) is 26.0. The monoisotopic (exact) mass is 529 g/mol. The Balaban J connectivity index is 1.26. The van der Waals surface area contributed by atoms with Gasteiger partial charge in [0.1, 0.15) is 11.0 Å². The molecule has 39 heavy (non-hydrogen) atoms. The van der Waals surface area contributed by atoms with Gasteiger partial charge in [0.05, 0.1) is 18.5 Å². The number of ether oxygens (including phenoxy) is 1. The van der Waals surface area contributed by atoms with Crippen molar-refractivity contribution < 1.29 is 19.6 Å². The molecule has 0 unspecified atom stereocenters. The molecule has 3 aromatic heterocycles. The summed E-state index contributed by atoms with van der Waals surface area (Å²) in [4.78, 5) is 9.59. The Kier molecular flexibility index (Phi) is 7.88. The molecule has 202 valence electrons. The zero-order chi connectivity index (χ0) is 27.2. The van der Waals surface area contributed by atoms with Crippen molar-refractivity contribution in [3.05, 3.63) is 60.3 Å². The molecule has 0 radical (unpaired) electrons. The van der Waals surface area contributed by atoms with E-state index in [4.69, 9.17) is 25.1 Å². The minimum Gasteiger partial charge on any atom is -0.504 e. The summed E-state index contributed by atoms with van der Waals surface area (Å²) in [6, 6.07) is 14.8. The van der Waals surface area contributed by atoms with Gasteiger partial charge in [-0.25, -0.2) is 14.6 Å². The molecule has 0 aliphatic heterocycles. The first-order chi connectivity index (χ1) is 19.1. The number of aryl methyl sites for hydroxylation is 1. The smallest absolute Gasteiger partial charge is 0.199 e. The second-order valence-corrected chi connectivity index (χ2v) is 9.09. The Morgan fingerprint density at radius 1 is 1.00 bits per heavy atom. The fourth-order valence-electron chi connectivity index (χ4n) is 4.48. The number of aromatic hydroxyl groups is 2. The van der Waals surface area contributed by atoms with Gasteiger partial charge in [-0.3, -0.25) is 0 Å². The molecule has 0 aliphatic carbocycles. The summed E-state index contributed by atoms with van der Waals surface area (Å²) >= 11 is 0. The van der Waals surface area contributed by atoms with Gasteiger partial charge in [0, 0.05) is 12.1 Å². The Hall–Kier alpha value is -4.64. The number of nitrogens with one attached hydrogen (secondary N) is 1. The molecule has 5 aromatic rings. The second kappa shape index (κ2) is 11.8. The lowest BCUT2D eigenvalue weighted by Crippen LogP contribution is -2.19. The molecule has 0 amide bonds. The van der Waals surface area contributed by atoms with Crippen molar-refractivity contribution in [2.45, 2.75) is 32.7 Å². The van der Waals surface area contributed by atoms with Crippen molar-refractivity contribution in [3.63, 3.8) is 0 Å². The lowest BCUT2D eigenvalue weighted by molar-refractivity contribution is 0.307. The van der Waals surface area contributed by atoms with Crippen molar-refractivity contribution in [1.82, 2.24) is 30.2 Å². The van der Waals surface area contributed by atoms with E-state index in [1.807, 2.05) is 47.9 Å². The van der Waals surface area contributed by atoms with Crippen molar-refractivity contribution in [2.24, 2.45) is 0 Å². The average Bonchev–Trinajstić information content (AvgIpc) is 3.55. The van der Waals surface area contributed by atoms with E-state index in [-0.39, 0.29) is 17.3 Å². The van der Waals surface area contributed by atoms with Gasteiger partial charge in [0.2, 0.25) is 0 Å². The standard InChI is InChI=1S/C28H31N7O4/c1-2-35-26-22(38-15-7-6-13-30-14-12-18-10-11-20(36)21(37)16-18)17-31-23(19-8-4-3-5-9-19)24(26)32-28(35)25-27(29)34-39-33-25/h3-5,8-11,16-17,30,36-37H,2,6-7,12-15H2,1H3,(H2,29,34). The highest BCUT2D eigenvalue weighted by atomic mass is 16.6. The van der Waals surface area contributed by atoms with Crippen LogP contribution in [0.1, 0.15) is 25.3 Å². The minimum absolute atomic E-state index is 0.0947. The highest BCUT2D eigenvalue weighted by Crippen LogP contribution is 2.36. The normalized spacial score (nSPS) is 11.3. The van der Waals surface area contributed by atoms with Gasteiger partial charge in [-0.05, 0) is 67.3 Å². The third kappa shape index (κ3) is 5.63. The van der Waals surface area contributed by atoms with Crippen LogP contribution in [-0.4, -0.2) is 54.8 Å². The van der Waals surface area contributed by atoms with E-state index in [1.54, 1.807) is 12.3 Å². The third-order valence-corrected chi connectivity index (χ3v) is 6.46. The number of nitrogens with two attached hydrogens (primary N) is 1. The van der Waals surface area contributed by atoms with Crippen LogP contribution in [0.2, 0.25) is 0 Å². The van der Waals surface area contributed by atoms with Crippen LogP contribution in [-0.2, 0) is 13.0 Å². The van der Waals surface area contributed by atoms with E-state index < -0.39 is 0 Å². The van der Waals surface area contributed by atoms with Crippen LogP contribution in [0.15, 0.2) is 59.4 Å². The molecule has 2 aromatic carbocycles. The Bertz CT molecular complexity index is 1550. The summed E-state index contributed by atoms with van der Waals surface area (Å²) in [5.41, 5.74) is 10.6. The van der Waals surface area contributed by atoms with Crippen molar-refractivity contribution in [2.75, 3.05) is 25.4 Å². The number of fused-ring (bicyclic) bond motifs is 1. The molecule has 0 bridgehead atoms. The van der Waals surface area contributed by atoms with Crippen molar-refractivity contribution >= 4 is 16.9 Å². The number of hydrogen-bond acceptors (Lipinski definition) is 10. The maximum absolute atomic E-state index is 9.62. The predicted octanol–water partition coefficient (Wildman–Crippen LogP) is 4.15. The fourth-order valence-corrected chi connectivity index (χ4v) is 4.48. The van der Waals surface area contributed by atoms with Crippen LogP contribution in [0.5, 0.6) is 17.2 Å². The van der Waals surface area contributed by atoms with Crippen LogP contribution in [0.3, 0.4) is 0 Å². The molecule has 5 N–H and O–H groups in total. The fraction of sp³-hybridized carbons (Fsp3) is 0.286. The molecule has 0 atom stereocenters. The van der Waals surface area contributed by atoms with E-state index in [2.05, 4.69) is 15.6 Å². The van der Waals surface area contributed by atoms with Gasteiger partial charge >= 0.3 is 0 Å². The molecule has 5 rings (SSSR count). The number of benzene rings is 2. The SMILES string of the molecule is CCn1c(-c2nonc2N)nc2c(-c3ccccc3)ncc(OCCCCNCCc3ccc(O)c(O)c3)c21. The van der Waals surface area contributed by atoms with Gasteiger partial charge in [-0.1, -0.05) is 36.4 Å². The lowest BCUT2D eigenvalue weighted by atomic mass is 10.1. The van der Waals surface area contributed by atoms with Crippen molar-refractivity contribution in [1.29, 1.82) is 0 Å². The van der Waals surface area contributed by atoms with Gasteiger partial charge in [-0.2, -0.15) is 0 Å². The summed E-state index contributed by atoms with van der Waals surface area (Å²) < 4.78 is 13.1. The topological polar surface area (TPSA) is 157 Å². The molecule has 3 heterocycles. The lowest BCUT2D eigenvalue weighted by Gasteiger charge is -2.12. The molecule has 11 heteroatoms. The summed E-state index contributed by atoms with van der Waals surface area (Å²) in [6.07, 6.45) is 4.29. The van der Waals surface area contributed by atoms with E-state index >= 15 is 0 Å². The van der Waals surface area contributed by atoms with E-state index in [9.17, 15) is 10.2 Å². The maximum atomic E-state index is 9.62. The summed E-state index contributed by atoms with van der Waals surface area (Å²) in [6.45, 7) is 4.76. The number of anilines is 1. The van der Waals surface area contributed by atoms with Gasteiger partial charge in [0.15, 0.2) is 34.6 Å². The highest BCUT2D eigenvalue weighted by molar-refractivity contribution is 5.95. The maximum Gasteiger partial charge on any atom is 0.199 e. The number of pyridine rings is 1. The predicted molar refractivity (Wildman–Crippen MR) is 147 cm³/mol. The first-order valence-electron chi connectivity index (χ1n) is 12.9. The molecular weight excluding hydrogens is 498 g/mol. The largest absolute Gasteiger partial charge is 0.504 e. The van der Waals surface area contributed by atoms with Crippen LogP contribution >= 0.6 is 0 Å². The van der Waals surface area contributed by atoms with E-state index in [0.29, 0.717) is 35.9 Å². The van der Waals surface area contributed by atoms with Crippen LogP contribution < -0.4 is 15.8 Å². The molecule has 0 saturated heterocycles. The highest BCUT2D eigenvalue weighted by Gasteiger charge is 2.24. The van der Waals surface area contributed by atoms with Crippen LogP contribution in [0.25, 0.3) is 33.8 Å². The molecule has 0 saturated carbocycles. The van der Waals surface area contributed by atoms with Gasteiger partial charge in [-0.15, -0.1) is 0 Å². The number of unbranched alkanes of at least 4 members (excludes halogenated alkanes) is 1. The molecular formula is C28H31N7O4. The summed E-state index contributed by atoms with van der Waals surface area (Å²) in [5, 5.41) is 30.1. The average molecular weight is 530 g/mol.